The van der Waals surface area contributed by atoms with Gasteiger partial charge in [-0.2, -0.15) is 0 Å². The van der Waals surface area contributed by atoms with Crippen molar-refractivity contribution < 1.29 is 14.3 Å². The molecule has 0 bridgehead atoms. The van der Waals surface area contributed by atoms with Crippen LogP contribution in [0, 0.1) is 11.7 Å². The van der Waals surface area contributed by atoms with Gasteiger partial charge in [0.15, 0.2) is 0 Å². The smallest absolute Gasteiger partial charge is 0.256 e. The van der Waals surface area contributed by atoms with Crippen molar-refractivity contribution in [3.8, 4) is 0 Å². The minimum atomic E-state index is -0.647. The Morgan fingerprint density at radius 1 is 1.50 bits per heavy atom. The SMILES string of the molecule is CC(C)C(CCO)NC(=O)c1c(F)cccc1Cl. The highest BCUT2D eigenvalue weighted by atomic mass is 35.5. The lowest BCUT2D eigenvalue weighted by Gasteiger charge is -2.21. The molecule has 100 valence electrons. The van der Waals surface area contributed by atoms with Crippen molar-refractivity contribution in [1.82, 2.24) is 5.32 Å². The van der Waals surface area contributed by atoms with Crippen LogP contribution >= 0.6 is 11.6 Å². The summed E-state index contributed by atoms with van der Waals surface area (Å²) in [5.41, 5.74) is -0.150. The minimum absolute atomic E-state index is 0.0336. The molecule has 1 aromatic rings. The molecule has 2 N–H and O–H groups in total. The van der Waals surface area contributed by atoms with Crippen LogP contribution in [0.25, 0.3) is 0 Å². The Labute approximate surface area is 111 Å². The van der Waals surface area contributed by atoms with Crippen LogP contribution < -0.4 is 5.32 Å². The number of amides is 1. The third kappa shape index (κ3) is 3.68. The van der Waals surface area contributed by atoms with E-state index in [1.165, 1.54) is 18.2 Å². The predicted molar refractivity (Wildman–Crippen MR) is 69.2 cm³/mol. The van der Waals surface area contributed by atoms with E-state index in [9.17, 15) is 9.18 Å². The molecule has 0 radical (unpaired) electrons. The minimum Gasteiger partial charge on any atom is -0.396 e. The van der Waals surface area contributed by atoms with E-state index >= 15 is 0 Å². The van der Waals surface area contributed by atoms with Crippen LogP contribution in [0.3, 0.4) is 0 Å². The maximum absolute atomic E-state index is 13.5. The first-order valence-corrected chi connectivity index (χ1v) is 6.21. The van der Waals surface area contributed by atoms with Gasteiger partial charge < -0.3 is 10.4 Å². The molecule has 1 rings (SSSR count). The van der Waals surface area contributed by atoms with Crippen molar-refractivity contribution >= 4 is 17.5 Å². The van der Waals surface area contributed by atoms with E-state index in [-0.39, 0.29) is 29.2 Å². The summed E-state index contributed by atoms with van der Waals surface area (Å²) in [5.74, 6) is -1.05. The maximum atomic E-state index is 13.5. The van der Waals surface area contributed by atoms with Crippen molar-refractivity contribution in [2.75, 3.05) is 6.61 Å². The van der Waals surface area contributed by atoms with E-state index in [0.29, 0.717) is 6.42 Å². The van der Waals surface area contributed by atoms with Crippen molar-refractivity contribution in [1.29, 1.82) is 0 Å². The second-order valence-electron chi connectivity index (χ2n) is 4.43. The van der Waals surface area contributed by atoms with Crippen LogP contribution in [-0.4, -0.2) is 23.7 Å². The monoisotopic (exact) mass is 273 g/mol. The number of aliphatic hydroxyl groups is 1. The summed E-state index contributed by atoms with van der Waals surface area (Å²) in [6.07, 6.45) is 0.426. The Morgan fingerprint density at radius 3 is 2.67 bits per heavy atom. The molecule has 0 aliphatic carbocycles. The molecule has 0 aliphatic heterocycles. The second kappa shape index (κ2) is 6.71. The van der Waals surface area contributed by atoms with E-state index in [1.54, 1.807) is 0 Å². The number of hydrogen-bond donors (Lipinski definition) is 2. The number of rotatable bonds is 5. The zero-order valence-electron chi connectivity index (χ0n) is 10.4. The van der Waals surface area contributed by atoms with Gasteiger partial charge in [0.05, 0.1) is 10.6 Å². The third-order valence-corrected chi connectivity index (χ3v) is 3.07. The highest BCUT2D eigenvalue weighted by Crippen LogP contribution is 2.19. The number of aliphatic hydroxyl groups excluding tert-OH is 1. The van der Waals surface area contributed by atoms with Gasteiger partial charge in [0.1, 0.15) is 5.82 Å². The summed E-state index contributed by atoms with van der Waals surface area (Å²) in [6.45, 7) is 3.81. The van der Waals surface area contributed by atoms with Crippen LogP contribution in [-0.2, 0) is 0 Å². The molecule has 1 amide bonds. The fraction of sp³-hybridized carbons (Fsp3) is 0.462. The third-order valence-electron chi connectivity index (χ3n) is 2.75. The standard InChI is InChI=1S/C13H17ClFNO2/c1-8(2)11(6-7-17)16-13(18)12-9(14)4-3-5-10(12)15/h3-5,8,11,17H,6-7H2,1-2H3,(H,16,18). The Kier molecular flexibility index (Phi) is 5.56. The molecule has 0 fully saturated rings. The quantitative estimate of drug-likeness (QED) is 0.866. The molecule has 18 heavy (non-hydrogen) atoms. The van der Waals surface area contributed by atoms with Gasteiger partial charge in [-0.3, -0.25) is 4.79 Å². The van der Waals surface area contributed by atoms with Gasteiger partial charge in [0.25, 0.3) is 5.91 Å². The van der Waals surface area contributed by atoms with E-state index < -0.39 is 11.7 Å². The van der Waals surface area contributed by atoms with Gasteiger partial charge in [-0.05, 0) is 24.5 Å². The van der Waals surface area contributed by atoms with Crippen molar-refractivity contribution in [3.63, 3.8) is 0 Å². The Bertz CT molecular complexity index is 403. The summed E-state index contributed by atoms with van der Waals surface area (Å²) in [5, 5.41) is 11.7. The van der Waals surface area contributed by atoms with E-state index in [2.05, 4.69) is 5.32 Å². The molecular weight excluding hydrogens is 257 g/mol. The number of halogens is 2. The molecule has 1 aromatic carbocycles. The Balaban J connectivity index is 2.87. The van der Waals surface area contributed by atoms with Crippen molar-refractivity contribution in [2.24, 2.45) is 5.92 Å². The molecule has 0 saturated carbocycles. The molecule has 3 nitrogen and oxygen atoms in total. The van der Waals surface area contributed by atoms with Gasteiger partial charge in [-0.25, -0.2) is 4.39 Å². The molecule has 1 atom stereocenters. The molecule has 0 aliphatic rings. The molecule has 0 spiro atoms. The number of carbonyl (C=O) groups excluding carboxylic acids is 1. The Hall–Kier alpha value is -1.13. The van der Waals surface area contributed by atoms with Crippen LogP contribution in [0.15, 0.2) is 18.2 Å². The van der Waals surface area contributed by atoms with E-state index in [4.69, 9.17) is 16.7 Å². The van der Waals surface area contributed by atoms with Gasteiger partial charge >= 0.3 is 0 Å². The molecule has 0 aromatic heterocycles. The van der Waals surface area contributed by atoms with Crippen LogP contribution in [0.1, 0.15) is 30.6 Å². The average molecular weight is 274 g/mol. The van der Waals surface area contributed by atoms with Crippen LogP contribution in [0.4, 0.5) is 4.39 Å². The summed E-state index contributed by atoms with van der Waals surface area (Å²) in [7, 11) is 0. The number of hydrogen-bond acceptors (Lipinski definition) is 2. The largest absolute Gasteiger partial charge is 0.396 e. The lowest BCUT2D eigenvalue weighted by atomic mass is 10.0. The first-order chi connectivity index (χ1) is 8.47. The fourth-order valence-corrected chi connectivity index (χ4v) is 1.92. The molecule has 5 heteroatoms. The van der Waals surface area contributed by atoms with Gasteiger partial charge in [0, 0.05) is 12.6 Å². The average Bonchev–Trinajstić information content (AvgIpc) is 2.28. The lowest BCUT2D eigenvalue weighted by molar-refractivity contribution is 0.0912. The number of nitrogens with one attached hydrogen (secondary N) is 1. The number of benzene rings is 1. The Morgan fingerprint density at radius 2 is 2.17 bits per heavy atom. The van der Waals surface area contributed by atoms with Gasteiger partial charge in [0.2, 0.25) is 0 Å². The first kappa shape index (κ1) is 14.9. The van der Waals surface area contributed by atoms with Crippen molar-refractivity contribution in [2.45, 2.75) is 26.3 Å². The lowest BCUT2D eigenvalue weighted by Crippen LogP contribution is -2.39. The normalized spacial score (nSPS) is 12.6. The van der Waals surface area contributed by atoms with E-state index in [1.807, 2.05) is 13.8 Å². The molecule has 0 heterocycles. The summed E-state index contributed by atoms with van der Waals surface area (Å²) >= 11 is 5.81. The summed E-state index contributed by atoms with van der Waals surface area (Å²) < 4.78 is 13.5. The molecule has 1 unspecified atom stereocenters. The van der Waals surface area contributed by atoms with Gasteiger partial charge in [-0.1, -0.05) is 31.5 Å². The van der Waals surface area contributed by atoms with Crippen molar-refractivity contribution in [3.05, 3.63) is 34.6 Å². The summed E-state index contributed by atoms with van der Waals surface area (Å²) in [6, 6.07) is 3.90. The van der Waals surface area contributed by atoms with Crippen LogP contribution in [0.2, 0.25) is 5.02 Å². The second-order valence-corrected chi connectivity index (χ2v) is 4.84. The van der Waals surface area contributed by atoms with Crippen LogP contribution in [0.5, 0.6) is 0 Å². The van der Waals surface area contributed by atoms with E-state index in [0.717, 1.165) is 0 Å². The molecular formula is C13H17ClFNO2. The molecule has 0 saturated heterocycles. The zero-order chi connectivity index (χ0) is 13.7. The topological polar surface area (TPSA) is 49.3 Å². The predicted octanol–water partition coefficient (Wildman–Crippen LogP) is 2.62. The fourth-order valence-electron chi connectivity index (χ4n) is 1.67. The summed E-state index contributed by atoms with van der Waals surface area (Å²) in [4.78, 5) is 12.0. The maximum Gasteiger partial charge on any atom is 0.256 e. The first-order valence-electron chi connectivity index (χ1n) is 5.83. The van der Waals surface area contributed by atoms with Gasteiger partial charge in [-0.15, -0.1) is 0 Å². The zero-order valence-corrected chi connectivity index (χ0v) is 11.2. The highest BCUT2D eigenvalue weighted by molar-refractivity contribution is 6.33. The highest BCUT2D eigenvalue weighted by Gasteiger charge is 2.20. The number of carbonyl (C=O) groups is 1.